The standard InChI is InChI=1S/C48H31N3O/c1-3-11-32(12-4-1)42-30-43(33-21-19-31(20-22-33)37-27-28-45-40(29-37)38-15-8-10-18-44(38)52-45)51-48(50-42)36-25-23-35(24-26-36)47-46(34-13-5-2-6-14-34)39-16-7-9-17-41(39)49-47/h1-30,46H. The molecule has 0 fully saturated rings. The summed E-state index contributed by atoms with van der Waals surface area (Å²) < 4.78 is 6.06. The number of fused-ring (bicyclic) bond motifs is 4. The van der Waals surface area contributed by atoms with Gasteiger partial charge in [0.2, 0.25) is 0 Å². The molecule has 1 aliphatic heterocycles. The average Bonchev–Trinajstić information content (AvgIpc) is 3.80. The van der Waals surface area contributed by atoms with Crippen LogP contribution in [0.3, 0.4) is 0 Å². The lowest BCUT2D eigenvalue weighted by Gasteiger charge is -2.16. The number of rotatable bonds is 6. The Bertz CT molecular complexity index is 2770. The molecule has 7 aromatic carbocycles. The third-order valence-electron chi connectivity index (χ3n) is 10.0. The van der Waals surface area contributed by atoms with Crippen LogP contribution in [0.1, 0.15) is 22.6 Å². The van der Waals surface area contributed by atoms with Gasteiger partial charge in [-0.3, -0.25) is 4.99 Å². The van der Waals surface area contributed by atoms with Crippen LogP contribution in [-0.4, -0.2) is 15.7 Å². The molecule has 2 aromatic heterocycles. The van der Waals surface area contributed by atoms with Gasteiger partial charge < -0.3 is 4.42 Å². The van der Waals surface area contributed by atoms with E-state index in [0.29, 0.717) is 5.82 Å². The lowest BCUT2D eigenvalue weighted by atomic mass is 9.85. The van der Waals surface area contributed by atoms with Gasteiger partial charge in [-0.15, -0.1) is 0 Å². The number of aromatic nitrogens is 2. The summed E-state index contributed by atoms with van der Waals surface area (Å²) in [5.74, 6) is 0.761. The molecule has 1 atom stereocenters. The zero-order valence-corrected chi connectivity index (χ0v) is 28.1. The van der Waals surface area contributed by atoms with Crippen molar-refractivity contribution < 1.29 is 4.42 Å². The van der Waals surface area contributed by atoms with Crippen LogP contribution in [0.15, 0.2) is 191 Å². The number of nitrogens with zero attached hydrogens (tertiary/aromatic N) is 3. The van der Waals surface area contributed by atoms with Crippen LogP contribution in [0.5, 0.6) is 0 Å². The van der Waals surface area contributed by atoms with E-state index in [4.69, 9.17) is 19.4 Å². The minimum atomic E-state index is 0.0800. The van der Waals surface area contributed by atoms with Crippen molar-refractivity contribution in [3.05, 3.63) is 199 Å². The molecule has 0 aliphatic carbocycles. The molecule has 0 spiro atoms. The van der Waals surface area contributed by atoms with E-state index in [1.165, 1.54) is 11.1 Å². The van der Waals surface area contributed by atoms with Gasteiger partial charge in [0.25, 0.3) is 0 Å². The molecule has 0 saturated carbocycles. The summed E-state index contributed by atoms with van der Waals surface area (Å²) in [5, 5.41) is 2.25. The Labute approximate surface area is 301 Å². The van der Waals surface area contributed by atoms with Crippen LogP contribution >= 0.6 is 0 Å². The monoisotopic (exact) mass is 665 g/mol. The highest BCUT2D eigenvalue weighted by atomic mass is 16.3. The molecule has 0 amide bonds. The molecule has 4 heteroatoms. The molecule has 3 heterocycles. The van der Waals surface area contributed by atoms with Crippen molar-refractivity contribution in [3.63, 3.8) is 0 Å². The summed E-state index contributed by atoms with van der Waals surface area (Å²) in [7, 11) is 0. The Kier molecular flexibility index (Phi) is 7.17. The van der Waals surface area contributed by atoms with Gasteiger partial charge in [0.15, 0.2) is 5.82 Å². The van der Waals surface area contributed by atoms with Gasteiger partial charge in [0, 0.05) is 27.5 Å². The van der Waals surface area contributed by atoms with E-state index in [1.807, 2.05) is 30.3 Å². The quantitative estimate of drug-likeness (QED) is 0.178. The summed E-state index contributed by atoms with van der Waals surface area (Å²) in [5.41, 5.74) is 14.5. The first-order chi connectivity index (χ1) is 25.7. The second-order valence-electron chi connectivity index (χ2n) is 13.2. The first kappa shape index (κ1) is 30.0. The van der Waals surface area contributed by atoms with Crippen LogP contribution in [0.4, 0.5) is 5.69 Å². The van der Waals surface area contributed by atoms with Crippen LogP contribution in [0.2, 0.25) is 0 Å². The van der Waals surface area contributed by atoms with E-state index in [2.05, 4.69) is 152 Å². The Balaban J connectivity index is 1.01. The summed E-state index contributed by atoms with van der Waals surface area (Å²) in [6, 6.07) is 63.2. The van der Waals surface area contributed by atoms with Gasteiger partial charge in [-0.2, -0.15) is 0 Å². The molecule has 9 aromatic rings. The Morgan fingerprint density at radius 2 is 0.981 bits per heavy atom. The zero-order valence-electron chi connectivity index (χ0n) is 28.1. The lowest BCUT2D eigenvalue weighted by Crippen LogP contribution is -2.11. The smallest absolute Gasteiger partial charge is 0.160 e. The van der Waals surface area contributed by atoms with Gasteiger partial charge >= 0.3 is 0 Å². The predicted molar refractivity (Wildman–Crippen MR) is 212 cm³/mol. The van der Waals surface area contributed by atoms with Crippen molar-refractivity contribution in [1.29, 1.82) is 0 Å². The minimum Gasteiger partial charge on any atom is -0.456 e. The van der Waals surface area contributed by atoms with E-state index in [-0.39, 0.29) is 5.92 Å². The van der Waals surface area contributed by atoms with Crippen molar-refractivity contribution in [2.45, 2.75) is 5.92 Å². The van der Waals surface area contributed by atoms with E-state index < -0.39 is 0 Å². The Morgan fingerprint density at radius 3 is 1.77 bits per heavy atom. The van der Waals surface area contributed by atoms with Crippen LogP contribution < -0.4 is 0 Å². The fourth-order valence-corrected chi connectivity index (χ4v) is 7.40. The fraction of sp³-hybridized carbons (Fsp3) is 0.0208. The van der Waals surface area contributed by atoms with E-state index in [9.17, 15) is 0 Å². The highest BCUT2D eigenvalue weighted by Gasteiger charge is 2.29. The second-order valence-corrected chi connectivity index (χ2v) is 13.2. The molecule has 0 radical (unpaired) electrons. The number of hydrogen-bond donors (Lipinski definition) is 0. The highest BCUT2D eigenvalue weighted by Crippen LogP contribution is 2.42. The van der Waals surface area contributed by atoms with Crippen LogP contribution in [-0.2, 0) is 0 Å². The number of hydrogen-bond acceptors (Lipinski definition) is 4. The molecule has 52 heavy (non-hydrogen) atoms. The second kappa shape index (κ2) is 12.4. The number of furan rings is 1. The minimum absolute atomic E-state index is 0.0800. The van der Waals surface area contributed by atoms with Crippen molar-refractivity contribution in [3.8, 4) is 45.0 Å². The van der Waals surface area contributed by atoms with Gasteiger partial charge in [0.05, 0.1) is 28.7 Å². The predicted octanol–water partition coefficient (Wildman–Crippen LogP) is 12.3. The highest BCUT2D eigenvalue weighted by molar-refractivity contribution is 6.12. The van der Waals surface area contributed by atoms with Gasteiger partial charge in [0.1, 0.15) is 11.2 Å². The summed E-state index contributed by atoms with van der Waals surface area (Å²) in [4.78, 5) is 15.3. The van der Waals surface area contributed by atoms with Gasteiger partial charge in [-0.25, -0.2) is 9.97 Å². The molecule has 4 nitrogen and oxygen atoms in total. The normalized spacial score (nSPS) is 13.7. The fourth-order valence-electron chi connectivity index (χ4n) is 7.40. The van der Waals surface area contributed by atoms with E-state index in [0.717, 1.165) is 78.1 Å². The third kappa shape index (κ3) is 5.29. The van der Waals surface area contributed by atoms with Gasteiger partial charge in [-0.1, -0.05) is 152 Å². The van der Waals surface area contributed by atoms with Crippen molar-refractivity contribution in [2.24, 2.45) is 4.99 Å². The molecule has 10 rings (SSSR count). The Hall–Kier alpha value is -6.91. The SMILES string of the molecule is c1ccc(-c2cc(-c3ccc(-c4ccc5oc6ccccc6c5c4)cc3)nc(-c3ccc(C4=Nc5ccccc5C4c4ccccc4)cc3)n2)cc1. The molecule has 1 unspecified atom stereocenters. The first-order valence-corrected chi connectivity index (χ1v) is 17.6. The summed E-state index contributed by atoms with van der Waals surface area (Å²) in [6.45, 7) is 0. The molecule has 0 bridgehead atoms. The maximum Gasteiger partial charge on any atom is 0.160 e. The van der Waals surface area contributed by atoms with Crippen molar-refractivity contribution >= 4 is 33.3 Å². The summed E-state index contributed by atoms with van der Waals surface area (Å²) >= 11 is 0. The van der Waals surface area contributed by atoms with Crippen LogP contribution in [0, 0.1) is 0 Å². The zero-order chi connectivity index (χ0) is 34.4. The topological polar surface area (TPSA) is 51.3 Å². The number of aliphatic imine (C=N–C) groups is 1. The van der Waals surface area contributed by atoms with Crippen molar-refractivity contribution in [2.75, 3.05) is 0 Å². The summed E-state index contributed by atoms with van der Waals surface area (Å²) in [6.07, 6.45) is 0. The molecule has 1 aliphatic rings. The van der Waals surface area contributed by atoms with Crippen molar-refractivity contribution in [1.82, 2.24) is 9.97 Å². The lowest BCUT2D eigenvalue weighted by molar-refractivity contribution is 0.669. The number of para-hydroxylation sites is 2. The van der Waals surface area contributed by atoms with E-state index in [1.54, 1.807) is 0 Å². The van der Waals surface area contributed by atoms with Gasteiger partial charge in [-0.05, 0) is 58.1 Å². The average molecular weight is 666 g/mol. The third-order valence-corrected chi connectivity index (χ3v) is 10.0. The molecule has 0 saturated heterocycles. The van der Waals surface area contributed by atoms with E-state index >= 15 is 0 Å². The largest absolute Gasteiger partial charge is 0.456 e. The maximum absolute atomic E-state index is 6.06. The molecule has 244 valence electrons. The number of benzene rings is 7. The molecular formula is C48H31N3O. The maximum atomic E-state index is 6.06. The first-order valence-electron chi connectivity index (χ1n) is 17.6. The Morgan fingerprint density at radius 1 is 0.404 bits per heavy atom. The molecule has 0 N–H and O–H groups in total. The van der Waals surface area contributed by atoms with Crippen LogP contribution in [0.25, 0.3) is 67.0 Å². The molecular weight excluding hydrogens is 635 g/mol.